The minimum absolute atomic E-state index is 0.158. The third kappa shape index (κ3) is 3.67. The topological polar surface area (TPSA) is 86.9 Å². The molecule has 0 saturated carbocycles. The normalized spacial score (nSPS) is 11.9. The van der Waals surface area contributed by atoms with E-state index < -0.39 is 0 Å². The monoisotopic (exact) mass is 292 g/mol. The Morgan fingerprint density at radius 3 is 2.85 bits per heavy atom. The molecule has 0 bridgehead atoms. The fourth-order valence-corrected chi connectivity index (χ4v) is 2.58. The summed E-state index contributed by atoms with van der Waals surface area (Å²) in [5.41, 5.74) is 0.866. The lowest BCUT2D eigenvalue weighted by atomic mass is 10.1. The van der Waals surface area contributed by atoms with E-state index in [9.17, 15) is 9.59 Å². The number of aromatic amines is 1. The van der Waals surface area contributed by atoms with Crippen LogP contribution in [0, 0.1) is 6.92 Å². The fourth-order valence-electron chi connectivity index (χ4n) is 1.81. The van der Waals surface area contributed by atoms with Crippen molar-refractivity contribution in [2.24, 2.45) is 0 Å². The number of hydrogen-bond donors (Lipinski definition) is 3. The third-order valence-electron chi connectivity index (χ3n) is 2.75. The molecular weight excluding hydrogens is 276 g/mol. The molecule has 0 aliphatic rings. The summed E-state index contributed by atoms with van der Waals surface area (Å²) < 4.78 is 0. The molecule has 0 saturated heterocycles. The van der Waals surface area contributed by atoms with Gasteiger partial charge in [-0.2, -0.15) is 5.10 Å². The van der Waals surface area contributed by atoms with Gasteiger partial charge >= 0.3 is 0 Å². The van der Waals surface area contributed by atoms with Crippen LogP contribution >= 0.6 is 11.3 Å². The molecule has 3 N–H and O–H groups in total. The van der Waals surface area contributed by atoms with Gasteiger partial charge in [-0.05, 0) is 18.4 Å². The van der Waals surface area contributed by atoms with Crippen LogP contribution in [-0.4, -0.2) is 22.0 Å². The molecule has 0 spiro atoms. The van der Waals surface area contributed by atoms with E-state index in [2.05, 4.69) is 20.8 Å². The molecule has 0 radical (unpaired) electrons. The maximum absolute atomic E-state index is 12.0. The minimum Gasteiger partial charge on any atom is -0.348 e. The Bertz CT molecular complexity index is 591. The second kappa shape index (κ2) is 6.33. The van der Waals surface area contributed by atoms with Crippen molar-refractivity contribution in [3.05, 3.63) is 34.2 Å². The average Bonchev–Trinajstić information content (AvgIpc) is 3.00. The number of thiophene rings is 1. The van der Waals surface area contributed by atoms with Gasteiger partial charge in [-0.15, -0.1) is 11.3 Å². The molecule has 6 nitrogen and oxygen atoms in total. The Morgan fingerprint density at radius 2 is 2.30 bits per heavy atom. The van der Waals surface area contributed by atoms with Crippen molar-refractivity contribution in [1.29, 1.82) is 0 Å². The molecule has 7 heteroatoms. The Labute approximate surface area is 120 Å². The highest BCUT2D eigenvalue weighted by atomic mass is 32.1. The van der Waals surface area contributed by atoms with Crippen molar-refractivity contribution in [1.82, 2.24) is 15.5 Å². The lowest BCUT2D eigenvalue weighted by molar-refractivity contribution is -0.120. The number of anilines is 1. The minimum atomic E-state index is -0.310. The SMILES string of the molecule is CC(=O)NC(CC(=O)Nc1[nH]ncc1C)c1cccs1. The van der Waals surface area contributed by atoms with Gasteiger partial charge < -0.3 is 10.6 Å². The summed E-state index contributed by atoms with van der Waals surface area (Å²) in [6, 6.07) is 3.49. The first-order valence-electron chi connectivity index (χ1n) is 6.16. The number of carbonyl (C=O) groups excluding carboxylic acids is 2. The predicted octanol–water partition coefficient (Wildman–Crippen LogP) is 1.99. The highest BCUT2D eigenvalue weighted by Gasteiger charge is 2.18. The van der Waals surface area contributed by atoms with Crippen molar-refractivity contribution in [3.63, 3.8) is 0 Å². The summed E-state index contributed by atoms with van der Waals surface area (Å²) in [5.74, 6) is 0.251. The molecule has 2 aromatic rings. The molecule has 1 unspecified atom stereocenters. The zero-order chi connectivity index (χ0) is 14.5. The first-order chi connectivity index (χ1) is 9.56. The van der Waals surface area contributed by atoms with Crippen molar-refractivity contribution in [2.45, 2.75) is 26.3 Å². The number of amides is 2. The Balaban J connectivity index is 2.02. The summed E-state index contributed by atoms with van der Waals surface area (Å²) in [7, 11) is 0. The number of hydrogen-bond acceptors (Lipinski definition) is 4. The first kappa shape index (κ1) is 14.3. The number of nitrogens with zero attached hydrogens (tertiary/aromatic N) is 1. The molecule has 2 rings (SSSR count). The summed E-state index contributed by atoms with van der Waals surface area (Å²) >= 11 is 1.51. The highest BCUT2D eigenvalue weighted by molar-refractivity contribution is 7.10. The molecule has 0 aliphatic heterocycles. The van der Waals surface area contributed by atoms with Crippen LogP contribution in [0.2, 0.25) is 0 Å². The van der Waals surface area contributed by atoms with E-state index >= 15 is 0 Å². The van der Waals surface area contributed by atoms with Crippen molar-refractivity contribution in [2.75, 3.05) is 5.32 Å². The van der Waals surface area contributed by atoms with Gasteiger partial charge in [-0.25, -0.2) is 0 Å². The standard InChI is InChI=1S/C13H16N4O2S/c1-8-7-14-17-13(8)16-12(19)6-10(15-9(2)18)11-4-3-5-20-11/h3-5,7,10H,6H2,1-2H3,(H,15,18)(H2,14,16,17,19). The molecule has 2 amide bonds. The van der Waals surface area contributed by atoms with Gasteiger partial charge in [-0.3, -0.25) is 14.7 Å². The first-order valence-corrected chi connectivity index (χ1v) is 7.04. The van der Waals surface area contributed by atoms with Crippen LogP contribution < -0.4 is 10.6 Å². The van der Waals surface area contributed by atoms with Gasteiger partial charge in [0, 0.05) is 17.4 Å². The quantitative estimate of drug-likeness (QED) is 0.787. The van der Waals surface area contributed by atoms with Gasteiger partial charge in [0.25, 0.3) is 0 Å². The Hall–Kier alpha value is -2.15. The average molecular weight is 292 g/mol. The van der Waals surface area contributed by atoms with E-state index in [1.807, 2.05) is 24.4 Å². The zero-order valence-corrected chi connectivity index (χ0v) is 12.1. The highest BCUT2D eigenvalue weighted by Crippen LogP contribution is 2.22. The molecule has 106 valence electrons. The Morgan fingerprint density at radius 1 is 1.50 bits per heavy atom. The lowest BCUT2D eigenvalue weighted by Gasteiger charge is -2.16. The summed E-state index contributed by atoms with van der Waals surface area (Å²) in [6.07, 6.45) is 1.82. The molecule has 2 heterocycles. The molecule has 2 aromatic heterocycles. The summed E-state index contributed by atoms with van der Waals surface area (Å²) in [4.78, 5) is 24.2. The number of H-pyrrole nitrogens is 1. The van der Waals surface area contributed by atoms with E-state index in [1.54, 1.807) is 6.20 Å². The van der Waals surface area contributed by atoms with Crippen LogP contribution in [0.4, 0.5) is 5.82 Å². The molecule has 1 atom stereocenters. The summed E-state index contributed by atoms with van der Waals surface area (Å²) in [6.45, 7) is 3.29. The van der Waals surface area contributed by atoms with Crippen molar-refractivity contribution < 1.29 is 9.59 Å². The van der Waals surface area contributed by atoms with Crippen LogP contribution in [0.3, 0.4) is 0 Å². The van der Waals surface area contributed by atoms with E-state index in [0.717, 1.165) is 10.4 Å². The van der Waals surface area contributed by atoms with E-state index in [4.69, 9.17) is 0 Å². The van der Waals surface area contributed by atoms with Gasteiger partial charge in [-0.1, -0.05) is 6.07 Å². The van der Waals surface area contributed by atoms with Crippen LogP contribution in [0.1, 0.15) is 29.8 Å². The van der Waals surface area contributed by atoms with Crippen LogP contribution in [0.25, 0.3) is 0 Å². The smallest absolute Gasteiger partial charge is 0.227 e. The van der Waals surface area contributed by atoms with Crippen molar-refractivity contribution in [3.8, 4) is 0 Å². The molecular formula is C13H16N4O2S. The lowest BCUT2D eigenvalue weighted by Crippen LogP contribution is -2.29. The van der Waals surface area contributed by atoms with Crippen LogP contribution in [0.5, 0.6) is 0 Å². The van der Waals surface area contributed by atoms with Gasteiger partial charge in [0.05, 0.1) is 18.7 Å². The summed E-state index contributed by atoms with van der Waals surface area (Å²) in [5, 5.41) is 14.0. The zero-order valence-electron chi connectivity index (χ0n) is 11.3. The molecule has 0 aliphatic carbocycles. The van der Waals surface area contributed by atoms with E-state index in [0.29, 0.717) is 5.82 Å². The second-order valence-electron chi connectivity index (χ2n) is 4.45. The maximum atomic E-state index is 12.0. The van der Waals surface area contributed by atoms with Gasteiger partial charge in [0.2, 0.25) is 11.8 Å². The van der Waals surface area contributed by atoms with E-state index in [-0.39, 0.29) is 24.3 Å². The number of nitrogens with one attached hydrogen (secondary N) is 3. The fraction of sp³-hybridized carbons (Fsp3) is 0.308. The number of aryl methyl sites for hydroxylation is 1. The molecule has 0 fully saturated rings. The second-order valence-corrected chi connectivity index (χ2v) is 5.43. The maximum Gasteiger partial charge on any atom is 0.227 e. The largest absolute Gasteiger partial charge is 0.348 e. The Kier molecular flexibility index (Phi) is 4.52. The molecule has 0 aromatic carbocycles. The number of carbonyl (C=O) groups is 2. The van der Waals surface area contributed by atoms with Gasteiger partial charge in [0.15, 0.2) is 0 Å². The van der Waals surface area contributed by atoms with E-state index in [1.165, 1.54) is 18.3 Å². The predicted molar refractivity (Wildman–Crippen MR) is 77.4 cm³/mol. The van der Waals surface area contributed by atoms with Gasteiger partial charge in [0.1, 0.15) is 5.82 Å². The van der Waals surface area contributed by atoms with Crippen molar-refractivity contribution >= 4 is 29.0 Å². The van der Waals surface area contributed by atoms with Crippen LogP contribution in [-0.2, 0) is 9.59 Å². The number of rotatable bonds is 5. The third-order valence-corrected chi connectivity index (χ3v) is 3.73. The van der Waals surface area contributed by atoms with Crippen LogP contribution in [0.15, 0.2) is 23.7 Å². The molecule has 20 heavy (non-hydrogen) atoms. The number of aromatic nitrogens is 2.